The molecule has 3 aromatic rings. The molecule has 1 aliphatic carbocycles. The fourth-order valence-corrected chi connectivity index (χ4v) is 3.22. The normalized spacial score (nSPS) is 13.8. The Kier molecular flexibility index (Phi) is 2.62. The molecule has 2 aromatic carbocycles. The van der Waals surface area contributed by atoms with Crippen molar-refractivity contribution in [2.24, 2.45) is 0 Å². The molecule has 20 heavy (non-hydrogen) atoms. The molecule has 100 valence electrons. The summed E-state index contributed by atoms with van der Waals surface area (Å²) in [7, 11) is 0. The standard InChI is InChI=1S/C18H16FN/c19-17-7-6-15-8-9-20(18(15)11-17)12-13-4-5-14-2-1-3-16(14)10-13/h4-11H,1-3,12H2. The van der Waals surface area contributed by atoms with Gasteiger partial charge in [-0.15, -0.1) is 0 Å². The van der Waals surface area contributed by atoms with Crippen molar-refractivity contribution in [1.82, 2.24) is 4.57 Å². The minimum Gasteiger partial charge on any atom is -0.343 e. The number of rotatable bonds is 2. The summed E-state index contributed by atoms with van der Waals surface area (Å²) in [5.41, 5.74) is 5.25. The van der Waals surface area contributed by atoms with Crippen molar-refractivity contribution in [3.05, 3.63) is 71.2 Å². The van der Waals surface area contributed by atoms with Crippen LogP contribution in [0.25, 0.3) is 10.9 Å². The lowest BCUT2D eigenvalue weighted by Crippen LogP contribution is -1.99. The average Bonchev–Trinajstić information content (AvgIpc) is 3.05. The molecule has 0 fully saturated rings. The molecular formula is C18H16FN. The van der Waals surface area contributed by atoms with E-state index >= 15 is 0 Å². The molecule has 0 radical (unpaired) electrons. The Morgan fingerprint density at radius 3 is 2.80 bits per heavy atom. The third kappa shape index (κ3) is 1.92. The van der Waals surface area contributed by atoms with E-state index < -0.39 is 0 Å². The molecule has 1 nitrogen and oxygen atoms in total. The van der Waals surface area contributed by atoms with Crippen LogP contribution in [0.3, 0.4) is 0 Å². The molecule has 2 heteroatoms. The molecule has 0 aliphatic heterocycles. The number of hydrogen-bond donors (Lipinski definition) is 0. The highest BCUT2D eigenvalue weighted by Gasteiger charge is 2.11. The van der Waals surface area contributed by atoms with Crippen molar-refractivity contribution in [3.8, 4) is 0 Å². The highest BCUT2D eigenvalue weighted by atomic mass is 19.1. The molecule has 0 bridgehead atoms. The first kappa shape index (κ1) is 11.7. The molecule has 0 atom stereocenters. The smallest absolute Gasteiger partial charge is 0.125 e. The van der Waals surface area contributed by atoms with E-state index in [1.807, 2.05) is 18.3 Å². The summed E-state index contributed by atoms with van der Waals surface area (Å²) in [6.07, 6.45) is 5.73. The van der Waals surface area contributed by atoms with Gasteiger partial charge in [0.25, 0.3) is 0 Å². The Morgan fingerprint density at radius 2 is 1.85 bits per heavy atom. The summed E-state index contributed by atoms with van der Waals surface area (Å²) in [5, 5.41) is 1.09. The lowest BCUT2D eigenvalue weighted by Gasteiger charge is -2.08. The van der Waals surface area contributed by atoms with Gasteiger partial charge in [0.05, 0.1) is 5.52 Å². The fourth-order valence-electron chi connectivity index (χ4n) is 3.22. The van der Waals surface area contributed by atoms with E-state index in [0.29, 0.717) is 0 Å². The summed E-state index contributed by atoms with van der Waals surface area (Å²) >= 11 is 0. The van der Waals surface area contributed by atoms with Crippen LogP contribution in [0.15, 0.2) is 48.7 Å². The van der Waals surface area contributed by atoms with Crippen LogP contribution in [-0.2, 0) is 19.4 Å². The second-order valence-corrected chi connectivity index (χ2v) is 5.60. The first-order chi connectivity index (χ1) is 9.79. The average molecular weight is 265 g/mol. The summed E-state index contributed by atoms with van der Waals surface area (Å²) in [6.45, 7) is 0.806. The molecule has 4 rings (SSSR count). The minimum absolute atomic E-state index is 0.175. The molecule has 0 unspecified atom stereocenters. The third-order valence-electron chi connectivity index (χ3n) is 4.25. The number of aromatic nitrogens is 1. The molecular weight excluding hydrogens is 249 g/mol. The van der Waals surface area contributed by atoms with Gasteiger partial charge in [0.1, 0.15) is 5.82 Å². The van der Waals surface area contributed by atoms with E-state index in [2.05, 4.69) is 22.8 Å². The van der Waals surface area contributed by atoms with Gasteiger partial charge in [-0.05, 0) is 65.6 Å². The molecule has 0 amide bonds. The van der Waals surface area contributed by atoms with E-state index in [1.54, 1.807) is 6.07 Å². The fraction of sp³-hybridized carbons (Fsp3) is 0.222. The zero-order chi connectivity index (χ0) is 13.5. The molecule has 0 saturated carbocycles. The van der Waals surface area contributed by atoms with Gasteiger partial charge < -0.3 is 4.57 Å². The molecule has 0 saturated heterocycles. The predicted octanol–water partition coefficient (Wildman–Crippen LogP) is 4.32. The lowest BCUT2D eigenvalue weighted by molar-refractivity contribution is 0.628. The molecule has 0 spiro atoms. The van der Waals surface area contributed by atoms with Crippen molar-refractivity contribution in [2.45, 2.75) is 25.8 Å². The summed E-state index contributed by atoms with van der Waals surface area (Å²) in [5.74, 6) is -0.175. The van der Waals surface area contributed by atoms with Gasteiger partial charge >= 0.3 is 0 Å². The lowest BCUT2D eigenvalue weighted by atomic mass is 10.1. The number of nitrogens with zero attached hydrogens (tertiary/aromatic N) is 1. The van der Waals surface area contributed by atoms with Crippen LogP contribution in [-0.4, -0.2) is 4.57 Å². The SMILES string of the molecule is Fc1ccc2ccn(Cc3ccc4c(c3)CCC4)c2c1. The van der Waals surface area contributed by atoms with Gasteiger partial charge in [0.2, 0.25) is 0 Å². The van der Waals surface area contributed by atoms with E-state index in [0.717, 1.165) is 17.4 Å². The van der Waals surface area contributed by atoms with Crippen molar-refractivity contribution < 1.29 is 4.39 Å². The number of aryl methyl sites for hydroxylation is 2. The van der Waals surface area contributed by atoms with Crippen molar-refractivity contribution >= 4 is 10.9 Å². The van der Waals surface area contributed by atoms with Crippen molar-refractivity contribution in [1.29, 1.82) is 0 Å². The summed E-state index contributed by atoms with van der Waals surface area (Å²) < 4.78 is 15.5. The van der Waals surface area contributed by atoms with Crippen LogP contribution in [0.4, 0.5) is 4.39 Å². The maximum absolute atomic E-state index is 13.4. The first-order valence-corrected chi connectivity index (χ1v) is 7.15. The topological polar surface area (TPSA) is 4.93 Å². The van der Waals surface area contributed by atoms with E-state index in [-0.39, 0.29) is 5.82 Å². The van der Waals surface area contributed by atoms with Crippen molar-refractivity contribution in [3.63, 3.8) is 0 Å². The zero-order valence-electron chi connectivity index (χ0n) is 11.3. The molecule has 1 aromatic heterocycles. The van der Waals surface area contributed by atoms with Crippen LogP contribution in [0.2, 0.25) is 0 Å². The Hall–Kier alpha value is -2.09. The van der Waals surface area contributed by atoms with Crippen LogP contribution in [0.5, 0.6) is 0 Å². The second-order valence-electron chi connectivity index (χ2n) is 5.60. The molecule has 1 aliphatic rings. The van der Waals surface area contributed by atoms with Gasteiger partial charge in [-0.1, -0.05) is 18.2 Å². The number of fused-ring (bicyclic) bond motifs is 2. The minimum atomic E-state index is -0.175. The van der Waals surface area contributed by atoms with E-state index in [4.69, 9.17) is 0 Å². The summed E-state index contributed by atoms with van der Waals surface area (Å²) in [4.78, 5) is 0. The van der Waals surface area contributed by atoms with Gasteiger partial charge in [-0.2, -0.15) is 0 Å². The van der Waals surface area contributed by atoms with Gasteiger partial charge in [-0.25, -0.2) is 4.39 Å². The first-order valence-electron chi connectivity index (χ1n) is 7.15. The number of benzene rings is 2. The molecule has 1 heterocycles. The molecule has 0 N–H and O–H groups in total. The van der Waals surface area contributed by atoms with Crippen LogP contribution >= 0.6 is 0 Å². The second kappa shape index (κ2) is 4.48. The van der Waals surface area contributed by atoms with E-state index in [9.17, 15) is 4.39 Å². The van der Waals surface area contributed by atoms with Gasteiger partial charge in [-0.3, -0.25) is 0 Å². The maximum atomic E-state index is 13.4. The quantitative estimate of drug-likeness (QED) is 0.650. The Balaban J connectivity index is 1.72. The number of halogens is 1. The largest absolute Gasteiger partial charge is 0.343 e. The zero-order valence-corrected chi connectivity index (χ0v) is 11.3. The number of hydrogen-bond acceptors (Lipinski definition) is 0. The van der Waals surface area contributed by atoms with Gasteiger partial charge in [0.15, 0.2) is 0 Å². The van der Waals surface area contributed by atoms with E-state index in [1.165, 1.54) is 42.0 Å². The predicted molar refractivity (Wildman–Crippen MR) is 79.5 cm³/mol. The van der Waals surface area contributed by atoms with Crippen LogP contribution in [0.1, 0.15) is 23.1 Å². The van der Waals surface area contributed by atoms with Crippen LogP contribution < -0.4 is 0 Å². The van der Waals surface area contributed by atoms with Crippen molar-refractivity contribution in [2.75, 3.05) is 0 Å². The summed E-state index contributed by atoms with van der Waals surface area (Å²) in [6, 6.07) is 13.8. The third-order valence-corrected chi connectivity index (χ3v) is 4.25. The monoisotopic (exact) mass is 265 g/mol. The Bertz CT molecular complexity index is 785. The van der Waals surface area contributed by atoms with Gasteiger partial charge in [0, 0.05) is 12.7 Å². The highest BCUT2D eigenvalue weighted by Crippen LogP contribution is 2.24. The maximum Gasteiger partial charge on any atom is 0.125 e. The highest BCUT2D eigenvalue weighted by molar-refractivity contribution is 5.80. The van der Waals surface area contributed by atoms with Crippen LogP contribution in [0, 0.1) is 5.82 Å². The Labute approximate surface area is 117 Å². The Morgan fingerprint density at radius 1 is 0.950 bits per heavy atom.